The number of ether oxygens (including phenoxy) is 2. The van der Waals surface area contributed by atoms with Crippen LogP contribution in [-0.2, 0) is 19.1 Å². The van der Waals surface area contributed by atoms with Gasteiger partial charge in [-0.25, -0.2) is 9.78 Å². The lowest BCUT2D eigenvalue weighted by Crippen LogP contribution is -2.33. The Labute approximate surface area is 157 Å². The zero-order chi connectivity index (χ0) is 19.7. The van der Waals surface area contributed by atoms with E-state index in [1.807, 2.05) is 0 Å². The SMILES string of the molecule is C[C@@H](OC(=O)CCCNC(=O)OC(C)(C)C)C(=O)Nc1ccc(Cl)cn1. The van der Waals surface area contributed by atoms with Crippen LogP contribution in [0.15, 0.2) is 18.3 Å². The van der Waals surface area contributed by atoms with E-state index in [2.05, 4.69) is 15.6 Å². The number of pyridine rings is 1. The van der Waals surface area contributed by atoms with Crippen LogP contribution in [0.5, 0.6) is 0 Å². The number of carbonyl (C=O) groups excluding carboxylic acids is 3. The van der Waals surface area contributed by atoms with E-state index in [0.29, 0.717) is 17.3 Å². The van der Waals surface area contributed by atoms with E-state index in [4.69, 9.17) is 21.1 Å². The van der Waals surface area contributed by atoms with E-state index in [1.54, 1.807) is 26.8 Å². The number of rotatable bonds is 7. The number of esters is 1. The van der Waals surface area contributed by atoms with Gasteiger partial charge in [0.25, 0.3) is 5.91 Å². The highest BCUT2D eigenvalue weighted by Crippen LogP contribution is 2.10. The summed E-state index contributed by atoms with van der Waals surface area (Å²) in [6.07, 6.45) is 0.302. The largest absolute Gasteiger partial charge is 0.453 e. The molecule has 9 heteroatoms. The van der Waals surface area contributed by atoms with Gasteiger partial charge in [-0.3, -0.25) is 9.59 Å². The Hall–Kier alpha value is -2.35. The molecule has 0 fully saturated rings. The fourth-order valence-corrected chi connectivity index (χ4v) is 1.84. The van der Waals surface area contributed by atoms with Crippen molar-refractivity contribution in [1.82, 2.24) is 10.3 Å². The summed E-state index contributed by atoms with van der Waals surface area (Å²) in [5.74, 6) is -0.730. The zero-order valence-corrected chi connectivity index (χ0v) is 16.1. The van der Waals surface area contributed by atoms with Crippen molar-refractivity contribution in [2.45, 2.75) is 52.2 Å². The first kappa shape index (κ1) is 21.7. The number of halogens is 1. The number of hydrogen-bond acceptors (Lipinski definition) is 6. The van der Waals surface area contributed by atoms with Gasteiger partial charge in [0.05, 0.1) is 5.02 Å². The molecule has 0 aromatic carbocycles. The Morgan fingerprint density at radius 2 is 1.96 bits per heavy atom. The molecule has 0 aliphatic heterocycles. The molecular formula is C17H24ClN3O5. The summed E-state index contributed by atoms with van der Waals surface area (Å²) in [4.78, 5) is 39.1. The number of alkyl carbamates (subject to hydrolysis) is 1. The van der Waals surface area contributed by atoms with Crippen molar-refractivity contribution >= 4 is 35.4 Å². The number of anilines is 1. The molecule has 0 saturated carbocycles. The van der Waals surface area contributed by atoms with E-state index in [-0.39, 0.29) is 13.0 Å². The summed E-state index contributed by atoms with van der Waals surface area (Å²) in [6.45, 7) is 7.00. The van der Waals surface area contributed by atoms with Crippen molar-refractivity contribution in [2.24, 2.45) is 0 Å². The predicted octanol–water partition coefficient (Wildman–Crippen LogP) is 2.91. The first-order valence-corrected chi connectivity index (χ1v) is 8.53. The van der Waals surface area contributed by atoms with Gasteiger partial charge in [-0.05, 0) is 46.2 Å². The number of nitrogens with zero attached hydrogens (tertiary/aromatic N) is 1. The van der Waals surface area contributed by atoms with Crippen molar-refractivity contribution in [3.05, 3.63) is 23.4 Å². The van der Waals surface area contributed by atoms with Crippen LogP contribution in [0.25, 0.3) is 0 Å². The summed E-state index contributed by atoms with van der Waals surface area (Å²) in [6, 6.07) is 3.12. The van der Waals surface area contributed by atoms with Crippen LogP contribution >= 0.6 is 11.6 Å². The van der Waals surface area contributed by atoms with Gasteiger partial charge in [-0.15, -0.1) is 0 Å². The average molecular weight is 386 g/mol. The topological polar surface area (TPSA) is 107 Å². The fraction of sp³-hybridized carbons (Fsp3) is 0.529. The van der Waals surface area contributed by atoms with Gasteiger partial charge in [0.1, 0.15) is 11.4 Å². The highest BCUT2D eigenvalue weighted by Gasteiger charge is 2.19. The van der Waals surface area contributed by atoms with E-state index in [9.17, 15) is 14.4 Å². The number of amides is 2. The van der Waals surface area contributed by atoms with Crippen molar-refractivity contribution < 1.29 is 23.9 Å². The van der Waals surface area contributed by atoms with Crippen LogP contribution in [0.3, 0.4) is 0 Å². The maximum absolute atomic E-state index is 12.0. The second-order valence-electron chi connectivity index (χ2n) is 6.52. The lowest BCUT2D eigenvalue weighted by molar-refractivity contribution is -0.153. The number of hydrogen-bond donors (Lipinski definition) is 2. The summed E-state index contributed by atoms with van der Waals surface area (Å²) in [5.41, 5.74) is -0.579. The lowest BCUT2D eigenvalue weighted by atomic mass is 10.2. The molecule has 0 bridgehead atoms. The maximum Gasteiger partial charge on any atom is 0.407 e. The van der Waals surface area contributed by atoms with Gasteiger partial charge in [-0.1, -0.05) is 11.6 Å². The Bertz CT molecular complexity index is 628. The van der Waals surface area contributed by atoms with Crippen LogP contribution in [0.4, 0.5) is 10.6 Å². The number of aromatic nitrogens is 1. The third-order valence-electron chi connectivity index (χ3n) is 2.88. The van der Waals surface area contributed by atoms with E-state index < -0.39 is 29.7 Å². The third-order valence-corrected chi connectivity index (χ3v) is 3.11. The predicted molar refractivity (Wildman–Crippen MR) is 96.9 cm³/mol. The van der Waals surface area contributed by atoms with Gasteiger partial charge in [-0.2, -0.15) is 0 Å². The molecule has 0 saturated heterocycles. The van der Waals surface area contributed by atoms with E-state index in [0.717, 1.165) is 0 Å². The quantitative estimate of drug-likeness (QED) is 0.552. The maximum atomic E-state index is 12.0. The van der Waals surface area contributed by atoms with Crippen molar-refractivity contribution in [1.29, 1.82) is 0 Å². The molecule has 144 valence electrons. The minimum atomic E-state index is -0.973. The van der Waals surface area contributed by atoms with Crippen LogP contribution in [0, 0.1) is 0 Å². The summed E-state index contributed by atoms with van der Waals surface area (Å²) in [5, 5.41) is 5.51. The number of nitrogens with one attached hydrogen (secondary N) is 2. The molecule has 26 heavy (non-hydrogen) atoms. The molecule has 0 radical (unpaired) electrons. The average Bonchev–Trinajstić information content (AvgIpc) is 2.52. The first-order chi connectivity index (χ1) is 12.1. The highest BCUT2D eigenvalue weighted by molar-refractivity contribution is 6.30. The van der Waals surface area contributed by atoms with Crippen LogP contribution in [0.2, 0.25) is 5.02 Å². The second kappa shape index (κ2) is 9.96. The standard InChI is InChI=1S/C17H24ClN3O5/c1-11(15(23)21-13-8-7-12(18)10-20-13)25-14(22)6-5-9-19-16(24)26-17(2,3)4/h7-8,10-11H,5-6,9H2,1-4H3,(H,19,24)(H,20,21,23)/t11-/m1/s1. The summed E-state index contributed by atoms with van der Waals surface area (Å²) in [7, 11) is 0. The molecule has 2 N–H and O–H groups in total. The van der Waals surface area contributed by atoms with Crippen molar-refractivity contribution in [3.63, 3.8) is 0 Å². The molecule has 0 unspecified atom stereocenters. The molecule has 1 rings (SSSR count). The Morgan fingerprint density at radius 3 is 2.54 bits per heavy atom. The van der Waals surface area contributed by atoms with Crippen LogP contribution < -0.4 is 10.6 Å². The molecular weight excluding hydrogens is 362 g/mol. The lowest BCUT2D eigenvalue weighted by Gasteiger charge is -2.19. The van der Waals surface area contributed by atoms with Gasteiger partial charge < -0.3 is 20.1 Å². The Morgan fingerprint density at radius 1 is 1.27 bits per heavy atom. The van der Waals surface area contributed by atoms with Gasteiger partial charge in [0, 0.05) is 19.2 Å². The minimum Gasteiger partial charge on any atom is -0.453 e. The molecule has 1 heterocycles. The van der Waals surface area contributed by atoms with Crippen LogP contribution in [0.1, 0.15) is 40.5 Å². The van der Waals surface area contributed by atoms with Crippen molar-refractivity contribution in [3.8, 4) is 0 Å². The molecule has 0 aliphatic carbocycles. The normalized spacial score (nSPS) is 12.0. The summed E-state index contributed by atoms with van der Waals surface area (Å²) >= 11 is 5.71. The molecule has 1 aromatic heterocycles. The third kappa shape index (κ3) is 9.22. The number of carbonyl (C=O) groups is 3. The minimum absolute atomic E-state index is 0.0621. The van der Waals surface area contributed by atoms with Gasteiger partial charge >= 0.3 is 12.1 Å². The van der Waals surface area contributed by atoms with E-state index >= 15 is 0 Å². The van der Waals surface area contributed by atoms with Crippen LogP contribution in [-0.4, -0.2) is 41.2 Å². The molecule has 1 atom stereocenters. The van der Waals surface area contributed by atoms with E-state index in [1.165, 1.54) is 19.2 Å². The Kier molecular flexibility index (Phi) is 8.31. The smallest absolute Gasteiger partial charge is 0.407 e. The molecule has 2 amide bonds. The van der Waals surface area contributed by atoms with Crippen molar-refractivity contribution in [2.75, 3.05) is 11.9 Å². The highest BCUT2D eigenvalue weighted by atomic mass is 35.5. The summed E-state index contributed by atoms with van der Waals surface area (Å²) < 4.78 is 10.1. The Balaban J connectivity index is 2.26. The second-order valence-corrected chi connectivity index (χ2v) is 6.95. The van der Waals surface area contributed by atoms with Gasteiger partial charge in [0.15, 0.2) is 6.10 Å². The molecule has 8 nitrogen and oxygen atoms in total. The molecule has 1 aromatic rings. The molecule has 0 aliphatic rings. The fourth-order valence-electron chi connectivity index (χ4n) is 1.72. The zero-order valence-electron chi connectivity index (χ0n) is 15.3. The van der Waals surface area contributed by atoms with Gasteiger partial charge in [0.2, 0.25) is 0 Å². The first-order valence-electron chi connectivity index (χ1n) is 8.15. The molecule has 0 spiro atoms. The monoisotopic (exact) mass is 385 g/mol.